The fourth-order valence-electron chi connectivity index (χ4n) is 3.81. The van der Waals surface area contributed by atoms with Crippen molar-refractivity contribution in [2.75, 3.05) is 13.7 Å². The predicted octanol–water partition coefficient (Wildman–Crippen LogP) is 2.48. The molecule has 0 heterocycles. The van der Waals surface area contributed by atoms with Gasteiger partial charge >= 0.3 is 0 Å². The first kappa shape index (κ1) is 12.1. The Morgan fingerprint density at radius 3 is 2.75 bits per heavy atom. The van der Waals surface area contributed by atoms with Gasteiger partial charge in [-0.25, -0.2) is 0 Å². The Kier molecular flexibility index (Phi) is 3.15. The topological polar surface area (TPSA) is 29.5 Å². The van der Waals surface area contributed by atoms with Gasteiger partial charge in [0.05, 0.1) is 12.2 Å². The van der Waals surface area contributed by atoms with Gasteiger partial charge in [0.2, 0.25) is 0 Å². The molecule has 0 saturated heterocycles. The van der Waals surface area contributed by atoms with Crippen molar-refractivity contribution < 1.29 is 9.84 Å². The Morgan fingerprint density at radius 1 is 1.50 bits per heavy atom. The van der Waals surface area contributed by atoms with Crippen LogP contribution in [0.4, 0.5) is 0 Å². The third-order valence-corrected chi connectivity index (χ3v) is 5.06. The normalized spacial score (nSPS) is 50.9. The fourth-order valence-corrected chi connectivity index (χ4v) is 3.81. The fraction of sp³-hybridized carbons (Fsp3) is 0.857. The van der Waals surface area contributed by atoms with Crippen molar-refractivity contribution >= 4 is 0 Å². The highest BCUT2D eigenvalue weighted by Gasteiger charge is 2.60. The molecular weight excluding hydrogens is 200 g/mol. The molecule has 0 aliphatic heterocycles. The highest BCUT2D eigenvalue weighted by molar-refractivity contribution is 5.10. The number of rotatable bonds is 4. The molecule has 2 nitrogen and oxygen atoms in total. The number of allylic oxidation sites excluding steroid dienone is 1. The van der Waals surface area contributed by atoms with E-state index >= 15 is 0 Å². The van der Waals surface area contributed by atoms with Gasteiger partial charge in [-0.15, -0.1) is 6.58 Å². The predicted molar refractivity (Wildman–Crippen MR) is 65.1 cm³/mol. The number of hydrogen-bond donors (Lipinski definition) is 1. The van der Waals surface area contributed by atoms with Crippen LogP contribution < -0.4 is 0 Å². The number of ether oxygens (including phenoxy) is 1. The number of fused-ring (bicyclic) bond motifs is 1. The second kappa shape index (κ2) is 4.15. The highest BCUT2D eigenvalue weighted by atomic mass is 16.5. The van der Waals surface area contributed by atoms with Crippen LogP contribution in [-0.4, -0.2) is 24.4 Å². The second-order valence-electron chi connectivity index (χ2n) is 5.83. The van der Waals surface area contributed by atoms with E-state index in [-0.39, 0.29) is 0 Å². The zero-order valence-corrected chi connectivity index (χ0v) is 10.6. The summed E-state index contributed by atoms with van der Waals surface area (Å²) >= 11 is 0. The molecule has 0 aromatic heterocycles. The largest absolute Gasteiger partial charge is 0.390 e. The van der Waals surface area contributed by atoms with Gasteiger partial charge in [-0.1, -0.05) is 13.0 Å². The molecule has 16 heavy (non-hydrogen) atoms. The van der Waals surface area contributed by atoms with Crippen LogP contribution in [0, 0.1) is 29.6 Å². The minimum absolute atomic E-state index is 0.318. The molecule has 92 valence electrons. The lowest BCUT2D eigenvalue weighted by atomic mass is 9.64. The van der Waals surface area contributed by atoms with Crippen LogP contribution in [0.15, 0.2) is 12.7 Å². The standard InChI is InChI=1S/C14H24O2/c1-5-6-10-9(2)14(3,15)13(8-16-4)12-7-11(10)12/h5,9-13,15H,1,6-8H2,2-4H3. The number of methoxy groups -OCH3 is 1. The van der Waals surface area contributed by atoms with E-state index in [1.54, 1.807) is 7.11 Å². The van der Waals surface area contributed by atoms with Crippen LogP contribution in [0.3, 0.4) is 0 Å². The van der Waals surface area contributed by atoms with Crippen molar-refractivity contribution in [3.8, 4) is 0 Å². The molecule has 6 atom stereocenters. The average molecular weight is 224 g/mol. The van der Waals surface area contributed by atoms with Crippen LogP contribution in [0.5, 0.6) is 0 Å². The Hall–Kier alpha value is -0.340. The van der Waals surface area contributed by atoms with Gasteiger partial charge in [0, 0.05) is 13.0 Å². The third-order valence-electron chi connectivity index (χ3n) is 5.06. The molecule has 2 heteroatoms. The Morgan fingerprint density at radius 2 is 2.19 bits per heavy atom. The molecule has 2 aliphatic carbocycles. The highest BCUT2D eigenvalue weighted by Crippen LogP contribution is 2.61. The summed E-state index contributed by atoms with van der Waals surface area (Å²) in [6, 6.07) is 0. The van der Waals surface area contributed by atoms with Crippen molar-refractivity contribution in [1.29, 1.82) is 0 Å². The van der Waals surface area contributed by atoms with Gasteiger partial charge < -0.3 is 9.84 Å². The lowest BCUT2D eigenvalue weighted by Gasteiger charge is -2.46. The first-order chi connectivity index (χ1) is 7.54. The molecule has 0 radical (unpaired) electrons. The van der Waals surface area contributed by atoms with Gasteiger partial charge in [-0.3, -0.25) is 0 Å². The summed E-state index contributed by atoms with van der Waals surface area (Å²) in [6.45, 7) is 8.71. The molecule has 2 fully saturated rings. The quantitative estimate of drug-likeness (QED) is 0.743. The molecule has 1 N–H and O–H groups in total. The summed E-state index contributed by atoms with van der Waals surface area (Å²) in [4.78, 5) is 0. The third kappa shape index (κ3) is 1.72. The van der Waals surface area contributed by atoms with Crippen LogP contribution in [-0.2, 0) is 4.74 Å². The maximum absolute atomic E-state index is 10.7. The number of aliphatic hydroxyl groups is 1. The van der Waals surface area contributed by atoms with E-state index in [0.29, 0.717) is 30.3 Å². The van der Waals surface area contributed by atoms with Crippen molar-refractivity contribution in [3.63, 3.8) is 0 Å². The molecule has 2 saturated carbocycles. The molecule has 6 unspecified atom stereocenters. The van der Waals surface area contributed by atoms with Crippen molar-refractivity contribution in [2.45, 2.75) is 32.3 Å². The maximum Gasteiger partial charge on any atom is 0.0700 e. The zero-order chi connectivity index (χ0) is 11.9. The minimum Gasteiger partial charge on any atom is -0.390 e. The summed E-state index contributed by atoms with van der Waals surface area (Å²) in [7, 11) is 1.73. The van der Waals surface area contributed by atoms with Crippen LogP contribution in [0.25, 0.3) is 0 Å². The minimum atomic E-state index is -0.582. The molecule has 2 aliphatic rings. The van der Waals surface area contributed by atoms with Gasteiger partial charge in [0.15, 0.2) is 0 Å². The smallest absolute Gasteiger partial charge is 0.0700 e. The van der Waals surface area contributed by atoms with Crippen molar-refractivity contribution in [1.82, 2.24) is 0 Å². The van der Waals surface area contributed by atoms with Crippen LogP contribution in [0.1, 0.15) is 26.7 Å². The van der Waals surface area contributed by atoms with Crippen molar-refractivity contribution in [2.24, 2.45) is 29.6 Å². The number of hydrogen-bond acceptors (Lipinski definition) is 2. The van der Waals surface area contributed by atoms with E-state index in [1.165, 1.54) is 6.42 Å². The molecule has 0 spiro atoms. The van der Waals surface area contributed by atoms with Crippen molar-refractivity contribution in [3.05, 3.63) is 12.7 Å². The van der Waals surface area contributed by atoms with Crippen LogP contribution >= 0.6 is 0 Å². The lowest BCUT2D eigenvalue weighted by molar-refractivity contribution is -0.119. The van der Waals surface area contributed by atoms with E-state index in [0.717, 1.165) is 12.3 Å². The Balaban J connectivity index is 2.16. The Bertz CT molecular complexity index is 272. The SMILES string of the molecule is C=CCC1C2CC2C(COC)C(C)(O)C1C. The molecular formula is C14H24O2. The molecule has 0 amide bonds. The van der Waals surface area contributed by atoms with E-state index in [2.05, 4.69) is 13.5 Å². The van der Waals surface area contributed by atoms with E-state index in [4.69, 9.17) is 4.74 Å². The maximum atomic E-state index is 10.7. The van der Waals surface area contributed by atoms with Gasteiger partial charge in [-0.05, 0) is 43.4 Å². The molecule has 0 bridgehead atoms. The molecule has 2 rings (SSSR count). The van der Waals surface area contributed by atoms with Gasteiger partial charge in [-0.2, -0.15) is 0 Å². The average Bonchev–Trinajstić information content (AvgIpc) is 2.99. The molecule has 0 aromatic rings. The van der Waals surface area contributed by atoms with Gasteiger partial charge in [0.1, 0.15) is 0 Å². The monoisotopic (exact) mass is 224 g/mol. The summed E-state index contributed by atoms with van der Waals surface area (Å²) in [5.41, 5.74) is -0.582. The summed E-state index contributed by atoms with van der Waals surface area (Å²) in [5, 5.41) is 10.7. The lowest BCUT2D eigenvalue weighted by Crippen LogP contribution is -2.51. The first-order valence-electron chi connectivity index (χ1n) is 6.36. The summed E-state index contributed by atoms with van der Waals surface area (Å²) < 4.78 is 5.28. The van der Waals surface area contributed by atoms with E-state index in [9.17, 15) is 5.11 Å². The second-order valence-corrected chi connectivity index (χ2v) is 5.83. The summed E-state index contributed by atoms with van der Waals surface area (Å²) in [6.07, 6.45) is 4.31. The summed E-state index contributed by atoms with van der Waals surface area (Å²) in [5.74, 6) is 2.75. The van der Waals surface area contributed by atoms with E-state index in [1.807, 2.05) is 13.0 Å². The van der Waals surface area contributed by atoms with E-state index < -0.39 is 5.60 Å². The van der Waals surface area contributed by atoms with Crippen LogP contribution in [0.2, 0.25) is 0 Å². The zero-order valence-electron chi connectivity index (χ0n) is 10.6. The Labute approximate surface area is 98.7 Å². The molecule has 0 aromatic carbocycles. The first-order valence-corrected chi connectivity index (χ1v) is 6.36. The van der Waals surface area contributed by atoms with Gasteiger partial charge in [0.25, 0.3) is 0 Å².